The van der Waals surface area contributed by atoms with E-state index in [9.17, 15) is 9.90 Å². The molecule has 0 rings (SSSR count). The molecule has 0 aliphatic carbocycles. The van der Waals surface area contributed by atoms with E-state index in [2.05, 4.69) is 13.5 Å². The number of allylic oxidation sites excluding steroid dienone is 2. The van der Waals surface area contributed by atoms with Crippen molar-refractivity contribution in [2.24, 2.45) is 0 Å². The minimum atomic E-state index is -1.04. The van der Waals surface area contributed by atoms with Crippen molar-refractivity contribution in [2.75, 3.05) is 0 Å². The standard InChI is InChI=1S/C12H20O2/c1-4-5-6-7-11(12(13)14)9-8-10(2)3/h9H,2,4-8H2,1,3H3,(H,13,14)/p-1/b11-9-. The van der Waals surface area contributed by atoms with E-state index < -0.39 is 5.97 Å². The van der Waals surface area contributed by atoms with E-state index in [0.29, 0.717) is 18.4 Å². The van der Waals surface area contributed by atoms with Gasteiger partial charge in [-0.25, -0.2) is 0 Å². The molecule has 0 bridgehead atoms. The first kappa shape index (κ1) is 12.9. The summed E-state index contributed by atoms with van der Waals surface area (Å²) >= 11 is 0. The van der Waals surface area contributed by atoms with Gasteiger partial charge < -0.3 is 9.90 Å². The molecule has 0 atom stereocenters. The Morgan fingerprint density at radius 2 is 2.07 bits per heavy atom. The molecule has 0 aromatic carbocycles. The highest BCUT2D eigenvalue weighted by Crippen LogP contribution is 2.10. The molecule has 0 N–H and O–H groups in total. The zero-order valence-corrected chi connectivity index (χ0v) is 9.14. The van der Waals surface area contributed by atoms with Crippen LogP contribution >= 0.6 is 0 Å². The second-order valence-corrected chi connectivity index (χ2v) is 3.64. The largest absolute Gasteiger partial charge is 0.545 e. The highest BCUT2D eigenvalue weighted by Gasteiger charge is 1.98. The normalized spacial score (nSPS) is 11.4. The molecular weight excluding hydrogens is 176 g/mol. The van der Waals surface area contributed by atoms with Gasteiger partial charge in [0.05, 0.1) is 5.97 Å². The van der Waals surface area contributed by atoms with Crippen LogP contribution in [-0.2, 0) is 4.79 Å². The lowest BCUT2D eigenvalue weighted by Crippen LogP contribution is -2.24. The number of unbranched alkanes of at least 4 members (excludes halogenated alkanes) is 2. The zero-order valence-electron chi connectivity index (χ0n) is 9.14. The van der Waals surface area contributed by atoms with Crippen molar-refractivity contribution in [1.82, 2.24) is 0 Å². The van der Waals surface area contributed by atoms with Gasteiger partial charge in [0.1, 0.15) is 0 Å². The molecule has 14 heavy (non-hydrogen) atoms. The third kappa shape index (κ3) is 6.46. The fourth-order valence-corrected chi connectivity index (χ4v) is 1.15. The van der Waals surface area contributed by atoms with E-state index in [1.54, 1.807) is 6.08 Å². The summed E-state index contributed by atoms with van der Waals surface area (Å²) in [5.74, 6) is -1.04. The van der Waals surface area contributed by atoms with Gasteiger partial charge in [-0.15, -0.1) is 0 Å². The predicted molar refractivity (Wildman–Crippen MR) is 56.7 cm³/mol. The summed E-state index contributed by atoms with van der Waals surface area (Å²) in [5.41, 5.74) is 1.39. The summed E-state index contributed by atoms with van der Waals surface area (Å²) in [5, 5.41) is 10.7. The molecule has 0 saturated carbocycles. The molecule has 0 amide bonds. The number of hydrogen-bond donors (Lipinski definition) is 0. The first-order chi connectivity index (χ1) is 6.57. The van der Waals surface area contributed by atoms with Crippen LogP contribution in [0, 0.1) is 0 Å². The third-order valence-electron chi connectivity index (χ3n) is 2.01. The van der Waals surface area contributed by atoms with Crippen molar-refractivity contribution in [3.63, 3.8) is 0 Å². The summed E-state index contributed by atoms with van der Waals surface area (Å²) in [6.07, 6.45) is 6.05. The molecule has 0 radical (unpaired) electrons. The Bertz CT molecular complexity index is 226. The number of hydrogen-bond acceptors (Lipinski definition) is 2. The summed E-state index contributed by atoms with van der Waals surface area (Å²) in [4.78, 5) is 10.7. The molecule has 0 fully saturated rings. The number of carbonyl (C=O) groups is 1. The first-order valence-corrected chi connectivity index (χ1v) is 5.12. The molecule has 0 aliphatic rings. The van der Waals surface area contributed by atoms with Crippen LogP contribution in [0.5, 0.6) is 0 Å². The lowest BCUT2D eigenvalue weighted by atomic mass is 10.1. The van der Waals surface area contributed by atoms with Crippen LogP contribution in [0.2, 0.25) is 0 Å². The Morgan fingerprint density at radius 3 is 2.50 bits per heavy atom. The van der Waals surface area contributed by atoms with E-state index in [1.165, 1.54) is 0 Å². The van der Waals surface area contributed by atoms with Gasteiger partial charge in [-0.1, -0.05) is 38.0 Å². The topological polar surface area (TPSA) is 40.1 Å². The summed E-state index contributed by atoms with van der Waals surface area (Å²) < 4.78 is 0. The van der Waals surface area contributed by atoms with Crippen LogP contribution < -0.4 is 5.11 Å². The van der Waals surface area contributed by atoms with E-state index in [4.69, 9.17) is 0 Å². The maximum atomic E-state index is 10.7. The van der Waals surface area contributed by atoms with Crippen molar-refractivity contribution < 1.29 is 9.90 Å². The van der Waals surface area contributed by atoms with Crippen LogP contribution in [0.25, 0.3) is 0 Å². The lowest BCUT2D eigenvalue weighted by Gasteiger charge is -2.08. The highest BCUT2D eigenvalue weighted by atomic mass is 16.4. The molecular formula is C12H19O2-. The number of carboxylic acid groups (broad SMARTS) is 1. The maximum Gasteiger partial charge on any atom is 0.0671 e. The van der Waals surface area contributed by atoms with Gasteiger partial charge in [0, 0.05) is 0 Å². The van der Waals surface area contributed by atoms with Crippen LogP contribution in [0.1, 0.15) is 46.0 Å². The van der Waals surface area contributed by atoms with E-state index >= 15 is 0 Å². The Morgan fingerprint density at radius 1 is 1.43 bits per heavy atom. The fraction of sp³-hybridized carbons (Fsp3) is 0.583. The van der Waals surface area contributed by atoms with Crippen LogP contribution in [-0.4, -0.2) is 5.97 Å². The van der Waals surface area contributed by atoms with Gasteiger partial charge in [-0.2, -0.15) is 0 Å². The van der Waals surface area contributed by atoms with Gasteiger partial charge in [0.25, 0.3) is 0 Å². The molecule has 0 saturated heterocycles. The second kappa shape index (κ2) is 7.36. The Hall–Kier alpha value is -1.05. The predicted octanol–water partition coefficient (Wildman–Crippen LogP) is 2.21. The van der Waals surface area contributed by atoms with Crippen LogP contribution in [0.4, 0.5) is 0 Å². The Balaban J connectivity index is 4.08. The minimum absolute atomic E-state index is 0.418. The fourth-order valence-electron chi connectivity index (χ4n) is 1.15. The molecule has 0 unspecified atom stereocenters. The molecule has 2 heteroatoms. The van der Waals surface area contributed by atoms with Crippen molar-refractivity contribution in [3.05, 3.63) is 23.8 Å². The smallest absolute Gasteiger partial charge is 0.0671 e. The quantitative estimate of drug-likeness (QED) is 0.355. The van der Waals surface area contributed by atoms with E-state index in [-0.39, 0.29) is 0 Å². The van der Waals surface area contributed by atoms with Gasteiger partial charge in [0.15, 0.2) is 0 Å². The maximum absolute atomic E-state index is 10.7. The second-order valence-electron chi connectivity index (χ2n) is 3.64. The van der Waals surface area contributed by atoms with Gasteiger partial charge in [-0.05, 0) is 31.8 Å². The van der Waals surface area contributed by atoms with Crippen molar-refractivity contribution in [3.8, 4) is 0 Å². The first-order valence-electron chi connectivity index (χ1n) is 5.12. The molecule has 0 aliphatic heterocycles. The molecule has 0 heterocycles. The van der Waals surface area contributed by atoms with Gasteiger partial charge in [0.2, 0.25) is 0 Å². The van der Waals surface area contributed by atoms with Crippen LogP contribution in [0.15, 0.2) is 23.8 Å². The van der Waals surface area contributed by atoms with E-state index in [1.807, 2.05) is 6.92 Å². The van der Waals surface area contributed by atoms with Crippen molar-refractivity contribution in [1.29, 1.82) is 0 Å². The highest BCUT2D eigenvalue weighted by molar-refractivity contribution is 5.84. The number of aliphatic carboxylic acids is 1. The lowest BCUT2D eigenvalue weighted by molar-refractivity contribution is -0.299. The summed E-state index contributed by atoms with van der Waals surface area (Å²) in [7, 11) is 0. The van der Waals surface area contributed by atoms with Crippen molar-refractivity contribution >= 4 is 5.97 Å². The van der Waals surface area contributed by atoms with Crippen LogP contribution in [0.3, 0.4) is 0 Å². The summed E-state index contributed by atoms with van der Waals surface area (Å²) in [6, 6.07) is 0. The number of rotatable bonds is 7. The summed E-state index contributed by atoms with van der Waals surface area (Å²) in [6.45, 7) is 7.70. The SMILES string of the molecule is C=C(C)C/C=C(/CCCCC)C(=O)[O-]. The minimum Gasteiger partial charge on any atom is -0.545 e. The number of carbonyl (C=O) groups excluding carboxylic acids is 1. The monoisotopic (exact) mass is 195 g/mol. The third-order valence-corrected chi connectivity index (χ3v) is 2.01. The number of carboxylic acids is 1. The average molecular weight is 195 g/mol. The zero-order chi connectivity index (χ0) is 11.0. The average Bonchev–Trinajstić information content (AvgIpc) is 2.10. The van der Waals surface area contributed by atoms with Crippen molar-refractivity contribution in [2.45, 2.75) is 46.0 Å². The molecule has 0 aromatic rings. The Labute approximate surface area is 86.3 Å². The molecule has 80 valence electrons. The molecule has 2 nitrogen and oxygen atoms in total. The molecule has 0 aromatic heterocycles. The van der Waals surface area contributed by atoms with Gasteiger partial charge in [-0.3, -0.25) is 0 Å². The van der Waals surface area contributed by atoms with E-state index in [0.717, 1.165) is 24.8 Å². The molecule has 0 spiro atoms. The van der Waals surface area contributed by atoms with Gasteiger partial charge >= 0.3 is 0 Å². The Kier molecular flexibility index (Phi) is 6.81.